The standard InChI is InChI=1S/C24H29N5O2S2/c1-3-4-5-7-18-9-11-20(12-10-18)33(30,31)26-14-13-21-23(19-16-25-29(2)17-19)27-28-24(21)22-8-6-15-32-22/h6,8-12,15-17,26H,3-5,7,13-14H2,1-2H3,(H,27,28). The third-order valence-corrected chi connectivity index (χ3v) is 7.94. The molecule has 1 aromatic carbocycles. The summed E-state index contributed by atoms with van der Waals surface area (Å²) in [5, 5.41) is 13.9. The summed E-state index contributed by atoms with van der Waals surface area (Å²) in [4.78, 5) is 1.33. The van der Waals surface area contributed by atoms with Gasteiger partial charge >= 0.3 is 0 Å². The Kier molecular flexibility index (Phi) is 7.42. The fraction of sp³-hybridized carbons (Fsp3) is 0.333. The Hall–Kier alpha value is -2.75. The van der Waals surface area contributed by atoms with Crippen LogP contribution >= 0.6 is 11.3 Å². The third-order valence-electron chi connectivity index (χ3n) is 5.58. The van der Waals surface area contributed by atoms with Gasteiger partial charge in [-0.05, 0) is 48.4 Å². The second kappa shape index (κ2) is 10.5. The quantitative estimate of drug-likeness (QED) is 0.300. The Morgan fingerprint density at radius 2 is 1.94 bits per heavy atom. The van der Waals surface area contributed by atoms with E-state index >= 15 is 0 Å². The molecule has 0 bridgehead atoms. The van der Waals surface area contributed by atoms with Crippen LogP contribution in [0.5, 0.6) is 0 Å². The molecule has 0 radical (unpaired) electrons. The van der Waals surface area contributed by atoms with Gasteiger partial charge in [0.1, 0.15) is 5.69 Å². The van der Waals surface area contributed by atoms with Gasteiger partial charge in [-0.2, -0.15) is 10.2 Å². The number of hydrogen-bond donors (Lipinski definition) is 2. The zero-order valence-corrected chi connectivity index (χ0v) is 20.5. The van der Waals surface area contributed by atoms with Crippen molar-refractivity contribution >= 4 is 21.4 Å². The first kappa shape index (κ1) is 23.4. The van der Waals surface area contributed by atoms with Crippen molar-refractivity contribution in [1.29, 1.82) is 0 Å². The fourth-order valence-corrected chi connectivity index (χ4v) is 5.60. The molecular formula is C24H29N5O2S2. The van der Waals surface area contributed by atoms with Crippen molar-refractivity contribution in [2.45, 2.75) is 43.9 Å². The molecule has 0 atom stereocenters. The molecule has 174 valence electrons. The van der Waals surface area contributed by atoms with E-state index in [9.17, 15) is 8.42 Å². The van der Waals surface area contributed by atoms with Crippen LogP contribution in [0.25, 0.3) is 21.8 Å². The first-order valence-electron chi connectivity index (χ1n) is 11.2. The van der Waals surface area contributed by atoms with Crippen LogP contribution in [0.15, 0.2) is 59.1 Å². The van der Waals surface area contributed by atoms with Crippen LogP contribution in [0.2, 0.25) is 0 Å². The number of sulfonamides is 1. The first-order valence-corrected chi connectivity index (χ1v) is 13.5. The summed E-state index contributed by atoms with van der Waals surface area (Å²) in [5.74, 6) is 0. The smallest absolute Gasteiger partial charge is 0.240 e. The number of thiophene rings is 1. The minimum absolute atomic E-state index is 0.270. The topological polar surface area (TPSA) is 92.7 Å². The number of unbranched alkanes of at least 4 members (excludes halogenated alkanes) is 2. The third kappa shape index (κ3) is 5.61. The normalized spacial score (nSPS) is 11.8. The van der Waals surface area contributed by atoms with E-state index in [1.165, 1.54) is 18.4 Å². The summed E-state index contributed by atoms with van der Waals surface area (Å²) < 4.78 is 30.2. The van der Waals surface area contributed by atoms with E-state index < -0.39 is 10.0 Å². The molecule has 0 aliphatic carbocycles. The number of aromatic amines is 1. The van der Waals surface area contributed by atoms with Gasteiger partial charge in [-0.3, -0.25) is 9.78 Å². The summed E-state index contributed by atoms with van der Waals surface area (Å²) in [6.45, 7) is 2.44. The fourth-order valence-electron chi connectivity index (χ4n) is 3.82. The monoisotopic (exact) mass is 483 g/mol. The Labute approximate surface area is 198 Å². The van der Waals surface area contributed by atoms with E-state index in [1.54, 1.807) is 34.3 Å². The molecule has 4 rings (SSSR count). The summed E-state index contributed by atoms with van der Waals surface area (Å²) in [7, 11) is -1.73. The van der Waals surface area contributed by atoms with Gasteiger partial charge in [-0.1, -0.05) is 38.0 Å². The van der Waals surface area contributed by atoms with Crippen molar-refractivity contribution < 1.29 is 8.42 Å². The number of aryl methyl sites for hydroxylation is 2. The van der Waals surface area contributed by atoms with Gasteiger partial charge in [0.25, 0.3) is 0 Å². The van der Waals surface area contributed by atoms with E-state index in [0.29, 0.717) is 11.3 Å². The molecule has 4 aromatic rings. The second-order valence-corrected chi connectivity index (χ2v) is 10.8. The van der Waals surface area contributed by atoms with Crippen LogP contribution < -0.4 is 4.72 Å². The van der Waals surface area contributed by atoms with Gasteiger partial charge in [0.05, 0.1) is 21.7 Å². The van der Waals surface area contributed by atoms with Gasteiger partial charge in [0, 0.05) is 30.9 Å². The predicted octanol–water partition coefficient (Wildman–Crippen LogP) is 4.79. The van der Waals surface area contributed by atoms with Crippen LogP contribution in [0.1, 0.15) is 37.3 Å². The molecule has 0 amide bonds. The van der Waals surface area contributed by atoms with Gasteiger partial charge < -0.3 is 0 Å². The number of rotatable bonds is 11. The molecule has 0 aliphatic rings. The maximum absolute atomic E-state index is 12.9. The Morgan fingerprint density at radius 1 is 1.12 bits per heavy atom. The number of nitrogens with zero attached hydrogens (tertiary/aromatic N) is 3. The number of benzene rings is 1. The molecule has 7 nitrogen and oxygen atoms in total. The largest absolute Gasteiger partial charge is 0.277 e. The number of nitrogens with one attached hydrogen (secondary N) is 2. The highest BCUT2D eigenvalue weighted by molar-refractivity contribution is 7.89. The summed E-state index contributed by atoms with van der Waals surface area (Å²) in [6, 6.07) is 11.2. The lowest BCUT2D eigenvalue weighted by atomic mass is 10.0. The van der Waals surface area contributed by atoms with E-state index in [-0.39, 0.29) is 6.54 Å². The molecule has 3 heterocycles. The molecule has 0 spiro atoms. The van der Waals surface area contributed by atoms with Crippen LogP contribution in [0.4, 0.5) is 0 Å². The predicted molar refractivity (Wildman–Crippen MR) is 133 cm³/mol. The molecule has 0 saturated heterocycles. The van der Waals surface area contributed by atoms with Crippen molar-refractivity contribution in [3.05, 3.63) is 65.3 Å². The summed E-state index contributed by atoms with van der Waals surface area (Å²) in [5.41, 5.74) is 4.77. The average molecular weight is 484 g/mol. The van der Waals surface area contributed by atoms with E-state index in [1.807, 2.05) is 42.9 Å². The highest BCUT2D eigenvalue weighted by Gasteiger charge is 2.19. The van der Waals surface area contributed by atoms with Crippen LogP contribution in [-0.2, 0) is 29.9 Å². The van der Waals surface area contributed by atoms with E-state index in [0.717, 1.165) is 40.2 Å². The molecule has 0 unspecified atom stereocenters. The molecular weight excluding hydrogens is 454 g/mol. The molecule has 3 aromatic heterocycles. The number of hydrogen-bond acceptors (Lipinski definition) is 5. The Bertz CT molecular complexity index is 1270. The Morgan fingerprint density at radius 3 is 2.61 bits per heavy atom. The minimum Gasteiger partial charge on any atom is -0.277 e. The van der Waals surface area contributed by atoms with E-state index in [4.69, 9.17) is 0 Å². The first-order chi connectivity index (χ1) is 16.0. The van der Waals surface area contributed by atoms with Gasteiger partial charge in [-0.25, -0.2) is 13.1 Å². The highest BCUT2D eigenvalue weighted by Crippen LogP contribution is 2.32. The van der Waals surface area contributed by atoms with Crippen molar-refractivity contribution in [2.75, 3.05) is 6.54 Å². The maximum atomic E-state index is 12.9. The molecule has 2 N–H and O–H groups in total. The van der Waals surface area contributed by atoms with Gasteiger partial charge in [0.2, 0.25) is 10.0 Å². The van der Waals surface area contributed by atoms with Gasteiger partial charge in [0.15, 0.2) is 0 Å². The molecule has 33 heavy (non-hydrogen) atoms. The summed E-state index contributed by atoms with van der Waals surface area (Å²) in [6.07, 6.45) is 8.65. The molecule has 9 heteroatoms. The van der Waals surface area contributed by atoms with Gasteiger partial charge in [-0.15, -0.1) is 11.3 Å². The lowest BCUT2D eigenvalue weighted by molar-refractivity contribution is 0.581. The van der Waals surface area contributed by atoms with Crippen LogP contribution in [0.3, 0.4) is 0 Å². The second-order valence-electron chi connectivity index (χ2n) is 8.05. The van der Waals surface area contributed by atoms with Crippen molar-refractivity contribution in [3.8, 4) is 21.8 Å². The van der Waals surface area contributed by atoms with Crippen molar-refractivity contribution in [2.24, 2.45) is 7.05 Å². The minimum atomic E-state index is -3.59. The molecule has 0 fully saturated rings. The van der Waals surface area contributed by atoms with Crippen molar-refractivity contribution in [3.63, 3.8) is 0 Å². The highest BCUT2D eigenvalue weighted by atomic mass is 32.2. The van der Waals surface area contributed by atoms with Crippen LogP contribution in [0, 0.1) is 0 Å². The number of aromatic nitrogens is 4. The zero-order chi connectivity index (χ0) is 23.3. The SMILES string of the molecule is CCCCCc1ccc(S(=O)(=O)NCCc2c(-c3cccs3)n[nH]c2-c2cnn(C)c2)cc1. The lowest BCUT2D eigenvalue weighted by Crippen LogP contribution is -2.26. The van der Waals surface area contributed by atoms with Crippen LogP contribution in [-0.4, -0.2) is 34.9 Å². The number of H-pyrrole nitrogens is 1. The lowest BCUT2D eigenvalue weighted by Gasteiger charge is -2.09. The van der Waals surface area contributed by atoms with E-state index in [2.05, 4.69) is 26.9 Å². The summed E-state index contributed by atoms with van der Waals surface area (Å²) >= 11 is 1.61. The zero-order valence-electron chi connectivity index (χ0n) is 18.9. The molecule has 0 saturated carbocycles. The average Bonchev–Trinajstić information content (AvgIpc) is 3.55. The molecule has 0 aliphatic heterocycles. The maximum Gasteiger partial charge on any atom is 0.240 e. The Balaban J connectivity index is 1.48. The van der Waals surface area contributed by atoms with Crippen molar-refractivity contribution in [1.82, 2.24) is 24.7 Å².